The molecule has 0 spiro atoms. The highest BCUT2D eigenvalue weighted by Crippen LogP contribution is 2.17. The zero-order valence-corrected chi connectivity index (χ0v) is 17.0. The molecule has 7 nitrogen and oxygen atoms in total. The number of carbonyl (C=O) groups is 2. The number of pyridine rings is 1. The zero-order valence-electron chi connectivity index (χ0n) is 17.0. The number of nitrogens with one attached hydrogen (secondary N) is 1. The molecule has 0 saturated carbocycles. The standard InChI is InChI=1S/C22H27N5O2/c1-3-13-26(14-4-2)21(28)16-27-19-11-6-5-9-17(19)25-20(27)15-24-22(29)18-10-7-8-12-23-18/h5-12H,3-4,13-16H2,1-2H3,(H,24,29). The normalized spacial score (nSPS) is 10.8. The molecule has 2 amide bonds. The molecule has 3 rings (SSSR count). The summed E-state index contributed by atoms with van der Waals surface area (Å²) >= 11 is 0. The molecule has 0 atom stereocenters. The minimum absolute atomic E-state index is 0.0640. The van der Waals surface area contributed by atoms with E-state index in [4.69, 9.17) is 0 Å². The van der Waals surface area contributed by atoms with Gasteiger partial charge in [-0.15, -0.1) is 0 Å². The minimum atomic E-state index is -0.269. The molecule has 2 heterocycles. The van der Waals surface area contributed by atoms with Crippen LogP contribution in [0.1, 0.15) is 43.0 Å². The van der Waals surface area contributed by atoms with Crippen molar-refractivity contribution in [1.82, 2.24) is 24.8 Å². The Morgan fingerprint density at radius 1 is 1.03 bits per heavy atom. The van der Waals surface area contributed by atoms with E-state index < -0.39 is 0 Å². The summed E-state index contributed by atoms with van der Waals surface area (Å²) in [6.07, 6.45) is 3.42. The van der Waals surface area contributed by atoms with Crippen molar-refractivity contribution in [2.45, 2.75) is 39.8 Å². The van der Waals surface area contributed by atoms with Gasteiger partial charge < -0.3 is 14.8 Å². The summed E-state index contributed by atoms with van der Waals surface area (Å²) in [5.74, 6) is 0.444. The monoisotopic (exact) mass is 393 g/mol. The Labute approximate surface area is 170 Å². The van der Waals surface area contributed by atoms with Crippen LogP contribution in [0.4, 0.5) is 0 Å². The van der Waals surface area contributed by atoms with Crippen LogP contribution in [0.5, 0.6) is 0 Å². The van der Waals surface area contributed by atoms with Gasteiger partial charge in [0.05, 0.1) is 17.6 Å². The van der Waals surface area contributed by atoms with Gasteiger partial charge >= 0.3 is 0 Å². The van der Waals surface area contributed by atoms with Gasteiger partial charge in [0, 0.05) is 19.3 Å². The molecular weight excluding hydrogens is 366 g/mol. The number of aromatic nitrogens is 3. The zero-order chi connectivity index (χ0) is 20.6. The van der Waals surface area contributed by atoms with E-state index >= 15 is 0 Å². The first-order valence-electron chi connectivity index (χ1n) is 10.0. The van der Waals surface area contributed by atoms with Crippen LogP contribution in [0, 0.1) is 0 Å². The van der Waals surface area contributed by atoms with Crippen molar-refractivity contribution in [2.24, 2.45) is 0 Å². The third-order valence-electron chi connectivity index (χ3n) is 4.67. The van der Waals surface area contributed by atoms with Crippen molar-refractivity contribution in [2.75, 3.05) is 13.1 Å². The maximum absolute atomic E-state index is 12.9. The van der Waals surface area contributed by atoms with Crippen LogP contribution >= 0.6 is 0 Å². The van der Waals surface area contributed by atoms with Gasteiger partial charge in [0.15, 0.2) is 0 Å². The Bertz CT molecular complexity index is 962. The Hall–Kier alpha value is -3.22. The number of amides is 2. The minimum Gasteiger partial charge on any atom is -0.343 e. The Kier molecular flexibility index (Phi) is 6.94. The fourth-order valence-electron chi connectivity index (χ4n) is 3.32. The second-order valence-electron chi connectivity index (χ2n) is 6.88. The molecule has 0 saturated heterocycles. The number of imidazole rings is 1. The van der Waals surface area contributed by atoms with Crippen LogP contribution in [0.25, 0.3) is 11.0 Å². The Balaban J connectivity index is 1.82. The number of carbonyl (C=O) groups excluding carboxylic acids is 2. The topological polar surface area (TPSA) is 80.1 Å². The van der Waals surface area contributed by atoms with Gasteiger partial charge in [-0.3, -0.25) is 14.6 Å². The molecule has 152 valence electrons. The molecule has 0 bridgehead atoms. The van der Waals surface area contributed by atoms with Crippen LogP contribution in [0.2, 0.25) is 0 Å². The van der Waals surface area contributed by atoms with Gasteiger partial charge in [-0.05, 0) is 37.1 Å². The Morgan fingerprint density at radius 2 is 1.76 bits per heavy atom. The molecule has 3 aromatic rings. The number of para-hydroxylation sites is 2. The molecule has 0 aliphatic rings. The first-order chi connectivity index (χ1) is 14.1. The molecular formula is C22H27N5O2. The summed E-state index contributed by atoms with van der Waals surface area (Å²) in [4.78, 5) is 35.9. The van der Waals surface area contributed by atoms with Crippen LogP contribution < -0.4 is 5.32 Å². The lowest BCUT2D eigenvalue weighted by Crippen LogP contribution is -2.36. The van der Waals surface area contributed by atoms with Gasteiger partial charge in [-0.2, -0.15) is 0 Å². The first-order valence-corrected chi connectivity index (χ1v) is 10.0. The molecule has 1 aromatic carbocycles. The number of rotatable bonds is 9. The number of nitrogens with zero attached hydrogens (tertiary/aromatic N) is 4. The molecule has 7 heteroatoms. The van der Waals surface area contributed by atoms with Gasteiger partial charge in [-0.1, -0.05) is 32.0 Å². The van der Waals surface area contributed by atoms with Gasteiger partial charge in [0.25, 0.3) is 5.91 Å². The van der Waals surface area contributed by atoms with Gasteiger partial charge in [0.1, 0.15) is 18.1 Å². The van der Waals surface area contributed by atoms with E-state index in [0.717, 1.165) is 37.0 Å². The van der Waals surface area contributed by atoms with Crippen molar-refractivity contribution >= 4 is 22.8 Å². The van der Waals surface area contributed by atoms with Crippen LogP contribution in [-0.4, -0.2) is 44.3 Å². The summed E-state index contributed by atoms with van der Waals surface area (Å²) in [5, 5.41) is 2.86. The maximum Gasteiger partial charge on any atom is 0.270 e. The molecule has 29 heavy (non-hydrogen) atoms. The summed E-state index contributed by atoms with van der Waals surface area (Å²) < 4.78 is 1.90. The quantitative estimate of drug-likeness (QED) is 0.606. The van der Waals surface area contributed by atoms with E-state index in [9.17, 15) is 9.59 Å². The highest BCUT2D eigenvalue weighted by atomic mass is 16.2. The second-order valence-corrected chi connectivity index (χ2v) is 6.88. The van der Waals surface area contributed by atoms with Crippen molar-refractivity contribution in [3.8, 4) is 0 Å². The summed E-state index contributed by atoms with van der Waals surface area (Å²) in [7, 11) is 0. The van der Waals surface area contributed by atoms with Crippen LogP contribution in [-0.2, 0) is 17.9 Å². The number of hydrogen-bond donors (Lipinski definition) is 1. The van der Waals surface area contributed by atoms with Crippen molar-refractivity contribution < 1.29 is 9.59 Å². The highest BCUT2D eigenvalue weighted by Gasteiger charge is 2.18. The first kappa shape index (κ1) is 20.5. The van der Waals surface area contributed by atoms with Crippen LogP contribution in [0.3, 0.4) is 0 Å². The molecule has 0 radical (unpaired) electrons. The number of hydrogen-bond acceptors (Lipinski definition) is 4. The van der Waals surface area contributed by atoms with Crippen molar-refractivity contribution in [1.29, 1.82) is 0 Å². The third kappa shape index (κ3) is 4.99. The lowest BCUT2D eigenvalue weighted by atomic mass is 10.3. The average molecular weight is 393 g/mol. The number of fused-ring (bicyclic) bond motifs is 1. The second kappa shape index (κ2) is 9.82. The van der Waals surface area contributed by atoms with Crippen molar-refractivity contribution in [3.05, 3.63) is 60.2 Å². The van der Waals surface area contributed by atoms with E-state index in [0.29, 0.717) is 11.5 Å². The smallest absolute Gasteiger partial charge is 0.270 e. The molecule has 0 aliphatic heterocycles. The lowest BCUT2D eigenvalue weighted by molar-refractivity contribution is -0.131. The van der Waals surface area contributed by atoms with E-state index in [1.54, 1.807) is 24.4 Å². The van der Waals surface area contributed by atoms with E-state index in [2.05, 4.69) is 29.1 Å². The summed E-state index contributed by atoms with van der Waals surface area (Å²) in [6.45, 7) is 6.05. The van der Waals surface area contributed by atoms with Gasteiger partial charge in [-0.25, -0.2) is 4.98 Å². The predicted octanol–water partition coefficient (Wildman–Crippen LogP) is 3.01. The largest absolute Gasteiger partial charge is 0.343 e. The van der Waals surface area contributed by atoms with E-state index in [1.165, 1.54) is 0 Å². The lowest BCUT2D eigenvalue weighted by Gasteiger charge is -2.22. The maximum atomic E-state index is 12.9. The third-order valence-corrected chi connectivity index (χ3v) is 4.67. The SMILES string of the molecule is CCCN(CCC)C(=O)Cn1c(CNC(=O)c2ccccn2)nc2ccccc21. The fraction of sp³-hybridized carbons (Fsp3) is 0.364. The molecule has 2 aromatic heterocycles. The Morgan fingerprint density at radius 3 is 2.45 bits per heavy atom. The molecule has 0 aliphatic carbocycles. The average Bonchev–Trinajstić information content (AvgIpc) is 3.10. The molecule has 1 N–H and O–H groups in total. The van der Waals surface area contributed by atoms with Crippen molar-refractivity contribution in [3.63, 3.8) is 0 Å². The summed E-state index contributed by atoms with van der Waals surface area (Å²) in [6, 6.07) is 12.9. The van der Waals surface area contributed by atoms with E-state index in [1.807, 2.05) is 33.7 Å². The summed E-state index contributed by atoms with van der Waals surface area (Å²) in [5.41, 5.74) is 2.04. The number of benzene rings is 1. The molecule has 0 fully saturated rings. The molecule has 0 unspecified atom stereocenters. The van der Waals surface area contributed by atoms with Gasteiger partial charge in [0.2, 0.25) is 5.91 Å². The fourth-order valence-corrected chi connectivity index (χ4v) is 3.32. The van der Waals surface area contributed by atoms with E-state index in [-0.39, 0.29) is 24.9 Å². The highest BCUT2D eigenvalue weighted by molar-refractivity contribution is 5.92. The van der Waals surface area contributed by atoms with Crippen LogP contribution in [0.15, 0.2) is 48.7 Å². The predicted molar refractivity (Wildman–Crippen MR) is 112 cm³/mol.